The molecule has 0 fully saturated rings. The van der Waals surface area contributed by atoms with Crippen molar-refractivity contribution in [3.8, 4) is 0 Å². The first-order valence-electron chi connectivity index (χ1n) is 8.31. The number of aromatic nitrogens is 3. The summed E-state index contributed by atoms with van der Waals surface area (Å²) in [5.74, 6) is -0.896. The molecule has 2 aromatic heterocycles. The van der Waals surface area contributed by atoms with Gasteiger partial charge >= 0.3 is 0 Å². The van der Waals surface area contributed by atoms with Gasteiger partial charge in [-0.1, -0.05) is 18.2 Å². The number of sulfone groups is 1. The van der Waals surface area contributed by atoms with Crippen LogP contribution in [0.5, 0.6) is 0 Å². The molecule has 1 aliphatic rings. The lowest BCUT2D eigenvalue weighted by Crippen LogP contribution is -2.07. The fraction of sp³-hybridized carbons (Fsp3) is 0.222. The van der Waals surface area contributed by atoms with Gasteiger partial charge in [0.1, 0.15) is 33.3 Å². The highest BCUT2D eigenvalue weighted by Crippen LogP contribution is 2.36. The molecule has 0 saturated carbocycles. The van der Waals surface area contributed by atoms with E-state index in [0.717, 1.165) is 37.3 Å². The zero-order valence-electron chi connectivity index (χ0n) is 13.9. The van der Waals surface area contributed by atoms with E-state index in [-0.39, 0.29) is 16.2 Å². The first-order chi connectivity index (χ1) is 12.5. The molecule has 0 spiro atoms. The number of nitrogens with one attached hydrogen (secondary N) is 1. The Kier molecular flexibility index (Phi) is 3.99. The zero-order valence-corrected chi connectivity index (χ0v) is 14.7. The second kappa shape index (κ2) is 6.21. The van der Waals surface area contributed by atoms with E-state index >= 15 is 0 Å². The van der Waals surface area contributed by atoms with Crippen molar-refractivity contribution in [2.45, 2.75) is 35.5 Å². The quantitative estimate of drug-likeness (QED) is 0.733. The van der Waals surface area contributed by atoms with Crippen LogP contribution in [0.25, 0.3) is 16.6 Å². The molecule has 0 bridgehead atoms. The third-order valence-corrected chi connectivity index (χ3v) is 6.42. The van der Waals surface area contributed by atoms with Crippen molar-refractivity contribution in [3.63, 3.8) is 0 Å². The van der Waals surface area contributed by atoms with Crippen molar-refractivity contribution in [3.05, 3.63) is 48.2 Å². The van der Waals surface area contributed by atoms with Crippen LogP contribution in [0.3, 0.4) is 0 Å². The summed E-state index contributed by atoms with van der Waals surface area (Å²) < 4.78 is 40.2. The maximum atomic E-state index is 14.1. The number of halogens is 1. The van der Waals surface area contributed by atoms with Crippen LogP contribution in [0, 0.1) is 5.82 Å². The van der Waals surface area contributed by atoms with Gasteiger partial charge in [-0.05, 0) is 43.4 Å². The van der Waals surface area contributed by atoms with E-state index in [9.17, 15) is 12.8 Å². The Labute approximate surface area is 149 Å². The van der Waals surface area contributed by atoms with Gasteiger partial charge in [0.25, 0.3) is 0 Å². The van der Waals surface area contributed by atoms with Crippen LogP contribution in [-0.4, -0.2) is 23.4 Å². The van der Waals surface area contributed by atoms with Crippen molar-refractivity contribution in [2.24, 2.45) is 0 Å². The molecule has 26 heavy (non-hydrogen) atoms. The van der Waals surface area contributed by atoms with Gasteiger partial charge in [-0.3, -0.25) is 0 Å². The lowest BCUT2D eigenvalue weighted by atomic mass is 9.96. The Bertz CT molecular complexity index is 1140. The Hall–Kier alpha value is -2.74. The predicted octanol–water partition coefficient (Wildman–Crippen LogP) is 3.47. The molecular weight excluding hydrogens is 355 g/mol. The highest BCUT2D eigenvalue weighted by atomic mass is 32.2. The second-order valence-corrected chi connectivity index (χ2v) is 8.08. The lowest BCUT2D eigenvalue weighted by Gasteiger charge is -2.12. The summed E-state index contributed by atoms with van der Waals surface area (Å²) in [6.07, 6.45) is 7.41. The maximum Gasteiger partial charge on any atom is 0.215 e. The van der Waals surface area contributed by atoms with Gasteiger partial charge in [-0.15, -0.1) is 0 Å². The summed E-state index contributed by atoms with van der Waals surface area (Å²) >= 11 is 0. The van der Waals surface area contributed by atoms with Crippen LogP contribution >= 0.6 is 0 Å². The maximum absolute atomic E-state index is 14.1. The fourth-order valence-electron chi connectivity index (χ4n) is 3.34. The van der Waals surface area contributed by atoms with Crippen LogP contribution in [0.15, 0.2) is 46.5 Å². The van der Waals surface area contributed by atoms with Crippen molar-refractivity contribution in [2.75, 3.05) is 5.73 Å². The monoisotopic (exact) mass is 372 g/mol. The topological polar surface area (TPSA) is 102 Å². The minimum absolute atomic E-state index is 0.0681. The van der Waals surface area contributed by atoms with Crippen molar-refractivity contribution >= 4 is 32.3 Å². The van der Waals surface area contributed by atoms with Crippen molar-refractivity contribution in [1.29, 1.82) is 0 Å². The van der Waals surface area contributed by atoms with Gasteiger partial charge in [0.05, 0.1) is 11.2 Å². The number of fused-ring (bicyclic) bond motifs is 1. The summed E-state index contributed by atoms with van der Waals surface area (Å²) in [6.45, 7) is 0. The van der Waals surface area contributed by atoms with Gasteiger partial charge in [-0.2, -0.15) is 0 Å². The summed E-state index contributed by atoms with van der Waals surface area (Å²) in [7, 11) is -4.17. The number of aromatic amines is 1. The molecule has 0 atom stereocenters. The van der Waals surface area contributed by atoms with Crippen LogP contribution in [0.2, 0.25) is 0 Å². The van der Waals surface area contributed by atoms with Crippen molar-refractivity contribution in [1.82, 2.24) is 15.0 Å². The highest BCUT2D eigenvalue weighted by molar-refractivity contribution is 7.92. The molecule has 0 aliphatic heterocycles. The lowest BCUT2D eigenvalue weighted by molar-refractivity contribution is 0.567. The SMILES string of the molecule is Nc1[nH]c2c(C3=CCCCC3)ncnc2c1S(=O)(=O)c1ccccc1F. The highest BCUT2D eigenvalue weighted by Gasteiger charge is 2.30. The smallest absolute Gasteiger partial charge is 0.215 e. The standard InChI is InChI=1S/C18H17FN4O2S/c19-12-8-4-5-9-13(12)26(24,25)17-16-15(23-18(17)20)14(21-10-22-16)11-6-2-1-3-7-11/h4-6,8-10,23H,1-3,7,20H2. The van der Waals surface area contributed by atoms with Crippen LogP contribution in [0.1, 0.15) is 31.4 Å². The van der Waals surface area contributed by atoms with Crippen LogP contribution < -0.4 is 5.73 Å². The van der Waals surface area contributed by atoms with Gasteiger partial charge in [-0.25, -0.2) is 22.8 Å². The molecule has 1 aliphatic carbocycles. The van der Waals surface area contributed by atoms with E-state index in [2.05, 4.69) is 21.0 Å². The molecule has 0 radical (unpaired) electrons. The van der Waals surface area contributed by atoms with E-state index < -0.39 is 20.5 Å². The fourth-order valence-corrected chi connectivity index (χ4v) is 4.89. The zero-order chi connectivity index (χ0) is 18.3. The number of benzene rings is 1. The third-order valence-electron chi connectivity index (χ3n) is 4.56. The Morgan fingerprint density at radius 1 is 1.15 bits per heavy atom. The normalized spacial score (nSPS) is 15.2. The number of rotatable bonds is 3. The van der Waals surface area contributed by atoms with E-state index in [1.54, 1.807) is 0 Å². The molecule has 134 valence electrons. The molecule has 0 unspecified atom stereocenters. The molecule has 3 N–H and O–H groups in total. The Morgan fingerprint density at radius 2 is 1.96 bits per heavy atom. The van der Waals surface area contributed by atoms with Gasteiger partial charge < -0.3 is 10.7 Å². The summed E-state index contributed by atoms with van der Waals surface area (Å²) in [4.78, 5) is 10.7. The van der Waals surface area contributed by atoms with E-state index in [4.69, 9.17) is 5.73 Å². The number of anilines is 1. The van der Waals surface area contributed by atoms with Gasteiger partial charge in [0.2, 0.25) is 9.84 Å². The molecule has 8 heteroatoms. The average molecular weight is 372 g/mol. The largest absolute Gasteiger partial charge is 0.384 e. The number of allylic oxidation sites excluding steroid dienone is 2. The Morgan fingerprint density at radius 3 is 2.69 bits per heavy atom. The molecule has 4 rings (SSSR count). The van der Waals surface area contributed by atoms with E-state index in [0.29, 0.717) is 11.2 Å². The Balaban J connectivity index is 1.96. The molecular formula is C18H17FN4O2S. The number of nitrogens with two attached hydrogens (primary N) is 1. The number of hydrogen-bond donors (Lipinski definition) is 2. The minimum Gasteiger partial charge on any atom is -0.384 e. The molecule has 0 amide bonds. The average Bonchev–Trinajstić information content (AvgIpc) is 2.99. The van der Waals surface area contributed by atoms with Crippen molar-refractivity contribution < 1.29 is 12.8 Å². The van der Waals surface area contributed by atoms with Crippen LogP contribution in [0.4, 0.5) is 10.2 Å². The third kappa shape index (κ3) is 2.57. The van der Waals surface area contributed by atoms with E-state index in [1.807, 2.05) is 0 Å². The summed E-state index contributed by atoms with van der Waals surface area (Å²) in [5, 5.41) is 0. The summed E-state index contributed by atoms with van der Waals surface area (Å²) in [5.41, 5.74) is 8.32. The number of nitrogens with zero attached hydrogens (tertiary/aromatic N) is 2. The molecule has 1 aromatic carbocycles. The first-order valence-corrected chi connectivity index (χ1v) is 9.79. The summed E-state index contributed by atoms with van der Waals surface area (Å²) in [6, 6.07) is 5.22. The number of nitrogen functional groups attached to an aromatic ring is 1. The van der Waals surface area contributed by atoms with Crippen LogP contribution in [-0.2, 0) is 9.84 Å². The number of hydrogen-bond acceptors (Lipinski definition) is 5. The molecule has 3 aromatic rings. The predicted molar refractivity (Wildman–Crippen MR) is 96.6 cm³/mol. The molecule has 2 heterocycles. The molecule has 6 nitrogen and oxygen atoms in total. The minimum atomic E-state index is -4.17. The molecule has 0 saturated heterocycles. The second-order valence-electron chi connectivity index (χ2n) is 6.22. The van der Waals surface area contributed by atoms with Gasteiger partial charge in [0, 0.05) is 0 Å². The van der Waals surface area contributed by atoms with E-state index in [1.165, 1.54) is 24.5 Å². The van der Waals surface area contributed by atoms with Gasteiger partial charge in [0.15, 0.2) is 0 Å². The number of H-pyrrole nitrogens is 1. The first kappa shape index (κ1) is 16.7.